The van der Waals surface area contributed by atoms with Crippen molar-refractivity contribution < 1.29 is 13.2 Å². The smallest absolute Gasteiger partial charge is 0.242 e. The van der Waals surface area contributed by atoms with Crippen molar-refractivity contribution >= 4 is 21.8 Å². The summed E-state index contributed by atoms with van der Waals surface area (Å²) in [6.45, 7) is 0.529. The van der Waals surface area contributed by atoms with Gasteiger partial charge in [0.2, 0.25) is 10.0 Å². The van der Waals surface area contributed by atoms with E-state index in [1.165, 1.54) is 18.4 Å². The molecule has 0 radical (unpaired) electrons. The maximum Gasteiger partial charge on any atom is 0.242 e. The van der Waals surface area contributed by atoms with Gasteiger partial charge in [-0.3, -0.25) is 0 Å². The number of pyridine rings is 1. The van der Waals surface area contributed by atoms with Crippen LogP contribution in [0, 0.1) is 0 Å². The molecule has 0 aliphatic carbocycles. The summed E-state index contributed by atoms with van der Waals surface area (Å²) in [5.41, 5.74) is 0. The molecule has 0 spiro atoms. The SMILES string of the molecule is CN(C)S(=O)(=O)c1ccc(OCCSc2ccccn2)cc1. The molecule has 0 aliphatic rings. The molecule has 7 heteroatoms. The molecule has 2 rings (SSSR count). The Balaban J connectivity index is 1.84. The van der Waals surface area contributed by atoms with Gasteiger partial charge in [0.25, 0.3) is 0 Å². The number of hydrogen-bond donors (Lipinski definition) is 0. The van der Waals surface area contributed by atoms with Gasteiger partial charge < -0.3 is 4.74 Å². The zero-order chi connectivity index (χ0) is 16.0. The van der Waals surface area contributed by atoms with E-state index < -0.39 is 10.0 Å². The Morgan fingerprint density at radius 2 is 1.86 bits per heavy atom. The zero-order valence-electron chi connectivity index (χ0n) is 12.5. The second-order valence-corrected chi connectivity index (χ2v) is 7.89. The van der Waals surface area contributed by atoms with Crippen LogP contribution < -0.4 is 4.74 Å². The molecule has 1 heterocycles. The Bertz CT molecular complexity index is 686. The molecule has 0 fully saturated rings. The highest BCUT2D eigenvalue weighted by molar-refractivity contribution is 7.99. The fourth-order valence-corrected chi connectivity index (χ4v) is 3.24. The third-order valence-electron chi connectivity index (χ3n) is 2.84. The van der Waals surface area contributed by atoms with Crippen molar-refractivity contribution in [1.29, 1.82) is 0 Å². The van der Waals surface area contributed by atoms with E-state index in [1.807, 2.05) is 18.2 Å². The van der Waals surface area contributed by atoms with Gasteiger partial charge in [0.05, 0.1) is 16.5 Å². The van der Waals surface area contributed by atoms with Crippen LogP contribution in [0.4, 0.5) is 0 Å². The van der Waals surface area contributed by atoms with Crippen molar-refractivity contribution in [3.63, 3.8) is 0 Å². The first kappa shape index (κ1) is 16.8. The van der Waals surface area contributed by atoms with Crippen molar-refractivity contribution in [3.05, 3.63) is 48.7 Å². The van der Waals surface area contributed by atoms with Crippen LogP contribution in [0.25, 0.3) is 0 Å². The molecule has 5 nitrogen and oxygen atoms in total. The average molecular weight is 338 g/mol. The minimum atomic E-state index is -3.39. The fourth-order valence-electron chi connectivity index (χ4n) is 1.66. The number of ether oxygens (including phenoxy) is 1. The summed E-state index contributed by atoms with van der Waals surface area (Å²) < 4.78 is 30.7. The van der Waals surface area contributed by atoms with E-state index in [0.717, 1.165) is 10.8 Å². The molecule has 0 saturated carbocycles. The normalized spacial score (nSPS) is 11.6. The van der Waals surface area contributed by atoms with Crippen molar-refractivity contribution in [2.75, 3.05) is 26.5 Å². The summed E-state index contributed by atoms with van der Waals surface area (Å²) in [6.07, 6.45) is 1.76. The molecule has 0 bridgehead atoms. The molecular weight excluding hydrogens is 320 g/mol. The summed E-state index contributed by atoms with van der Waals surface area (Å²) in [5.74, 6) is 1.42. The maximum atomic E-state index is 11.9. The van der Waals surface area contributed by atoms with Gasteiger partial charge in [0.15, 0.2) is 0 Å². The molecular formula is C15H18N2O3S2. The van der Waals surface area contributed by atoms with Crippen LogP contribution in [0.1, 0.15) is 0 Å². The van der Waals surface area contributed by atoms with Crippen LogP contribution in [-0.4, -0.2) is 44.2 Å². The van der Waals surface area contributed by atoms with Gasteiger partial charge in [-0.1, -0.05) is 6.07 Å². The third-order valence-corrected chi connectivity index (χ3v) is 5.58. The van der Waals surface area contributed by atoms with Gasteiger partial charge in [-0.05, 0) is 36.4 Å². The minimum absolute atomic E-state index is 0.257. The number of rotatable bonds is 7. The van der Waals surface area contributed by atoms with Crippen molar-refractivity contribution in [2.24, 2.45) is 0 Å². The van der Waals surface area contributed by atoms with Gasteiger partial charge in [0.1, 0.15) is 5.75 Å². The van der Waals surface area contributed by atoms with E-state index in [-0.39, 0.29) is 4.90 Å². The first-order valence-corrected chi connectivity index (χ1v) is 9.12. The van der Waals surface area contributed by atoms with Crippen LogP contribution in [-0.2, 0) is 10.0 Å². The van der Waals surface area contributed by atoms with E-state index in [1.54, 1.807) is 42.2 Å². The van der Waals surface area contributed by atoms with Crippen LogP contribution >= 0.6 is 11.8 Å². The molecule has 0 saturated heterocycles. The van der Waals surface area contributed by atoms with E-state index in [2.05, 4.69) is 4.98 Å². The minimum Gasteiger partial charge on any atom is -0.493 e. The molecule has 22 heavy (non-hydrogen) atoms. The van der Waals surface area contributed by atoms with Gasteiger partial charge in [-0.2, -0.15) is 0 Å². The number of aromatic nitrogens is 1. The fraction of sp³-hybridized carbons (Fsp3) is 0.267. The van der Waals surface area contributed by atoms with Gasteiger partial charge >= 0.3 is 0 Å². The van der Waals surface area contributed by atoms with E-state index in [4.69, 9.17) is 4.74 Å². The Labute approximate surface area is 135 Å². The molecule has 0 amide bonds. The number of hydrogen-bond acceptors (Lipinski definition) is 5. The summed E-state index contributed by atoms with van der Waals surface area (Å²) in [4.78, 5) is 4.47. The third kappa shape index (κ3) is 4.46. The van der Waals surface area contributed by atoms with Gasteiger partial charge in [0, 0.05) is 26.0 Å². The number of sulfonamides is 1. The molecule has 0 aliphatic heterocycles. The second-order valence-electron chi connectivity index (χ2n) is 4.62. The summed E-state index contributed by atoms with van der Waals surface area (Å²) >= 11 is 1.61. The summed E-state index contributed by atoms with van der Waals surface area (Å²) in [5, 5.41) is 0.957. The maximum absolute atomic E-state index is 11.9. The number of nitrogens with zero attached hydrogens (tertiary/aromatic N) is 2. The van der Waals surface area contributed by atoms with E-state index >= 15 is 0 Å². The first-order valence-electron chi connectivity index (χ1n) is 6.69. The Kier molecular flexibility index (Phi) is 5.82. The molecule has 0 N–H and O–H groups in total. The molecule has 2 aromatic rings. The molecule has 1 aromatic carbocycles. The first-order chi connectivity index (χ1) is 10.5. The quantitative estimate of drug-likeness (QED) is 0.573. The predicted molar refractivity (Wildman–Crippen MR) is 87.8 cm³/mol. The van der Waals surface area contributed by atoms with Crippen LogP contribution in [0.15, 0.2) is 58.6 Å². The Morgan fingerprint density at radius 1 is 1.14 bits per heavy atom. The van der Waals surface area contributed by atoms with E-state index in [0.29, 0.717) is 12.4 Å². The molecule has 1 aromatic heterocycles. The Hall–Kier alpha value is -1.57. The predicted octanol–water partition coefficient (Wildman–Crippen LogP) is 2.50. The van der Waals surface area contributed by atoms with E-state index in [9.17, 15) is 8.42 Å². The lowest BCUT2D eigenvalue weighted by molar-refractivity contribution is 0.343. The highest BCUT2D eigenvalue weighted by Gasteiger charge is 2.16. The lowest BCUT2D eigenvalue weighted by atomic mass is 10.3. The molecule has 0 unspecified atom stereocenters. The van der Waals surface area contributed by atoms with Crippen molar-refractivity contribution in [3.8, 4) is 5.75 Å². The van der Waals surface area contributed by atoms with Crippen molar-refractivity contribution in [2.45, 2.75) is 9.92 Å². The lowest BCUT2D eigenvalue weighted by Gasteiger charge is -2.12. The molecule has 118 valence electrons. The van der Waals surface area contributed by atoms with Crippen molar-refractivity contribution in [1.82, 2.24) is 9.29 Å². The Morgan fingerprint density at radius 3 is 2.45 bits per heavy atom. The van der Waals surface area contributed by atoms with Gasteiger partial charge in [-0.25, -0.2) is 17.7 Å². The van der Waals surface area contributed by atoms with Crippen LogP contribution in [0.5, 0.6) is 5.75 Å². The highest BCUT2D eigenvalue weighted by Crippen LogP contribution is 2.19. The standard InChI is InChI=1S/C15H18N2O3S2/c1-17(2)22(18,19)14-8-6-13(7-9-14)20-11-12-21-15-5-3-4-10-16-15/h3-10H,11-12H2,1-2H3. The summed E-state index contributed by atoms with van der Waals surface area (Å²) in [7, 11) is -0.372. The zero-order valence-corrected chi connectivity index (χ0v) is 14.1. The number of thioether (sulfide) groups is 1. The summed E-state index contributed by atoms with van der Waals surface area (Å²) in [6, 6.07) is 12.2. The highest BCUT2D eigenvalue weighted by atomic mass is 32.2. The average Bonchev–Trinajstić information content (AvgIpc) is 2.53. The molecule has 0 atom stereocenters. The lowest BCUT2D eigenvalue weighted by Crippen LogP contribution is -2.22. The second kappa shape index (κ2) is 7.62. The number of benzene rings is 1. The monoisotopic (exact) mass is 338 g/mol. The largest absolute Gasteiger partial charge is 0.493 e. The topological polar surface area (TPSA) is 59.5 Å². The van der Waals surface area contributed by atoms with Crippen LogP contribution in [0.3, 0.4) is 0 Å². The van der Waals surface area contributed by atoms with Gasteiger partial charge in [-0.15, -0.1) is 11.8 Å². The van der Waals surface area contributed by atoms with Crippen LogP contribution in [0.2, 0.25) is 0 Å².